The number of rotatable bonds is 6. The maximum atomic E-state index is 14.8. The summed E-state index contributed by atoms with van der Waals surface area (Å²) < 4.78 is 42.1. The van der Waals surface area contributed by atoms with E-state index in [1.54, 1.807) is 27.0 Å². The number of alkyl carbamates (subject to hydrolysis) is 1. The number of ether oxygens (including phenoxy) is 2. The van der Waals surface area contributed by atoms with E-state index in [4.69, 9.17) is 14.5 Å². The quantitative estimate of drug-likeness (QED) is 0.414. The van der Waals surface area contributed by atoms with E-state index in [0.717, 1.165) is 23.8 Å². The third-order valence-electron chi connectivity index (χ3n) is 7.18. The summed E-state index contributed by atoms with van der Waals surface area (Å²) in [5, 5.41) is 3.13. The number of nitrogens with zero attached hydrogens (tertiary/aromatic N) is 2. The summed E-state index contributed by atoms with van der Waals surface area (Å²) in [6, 6.07) is 13.1. The van der Waals surface area contributed by atoms with E-state index in [0.29, 0.717) is 38.4 Å². The van der Waals surface area contributed by atoms with Crippen LogP contribution in [0.4, 0.5) is 13.6 Å². The van der Waals surface area contributed by atoms with Crippen molar-refractivity contribution in [3.8, 4) is 11.3 Å². The molecule has 1 atom stereocenters. The molecule has 198 valence electrons. The minimum Gasteiger partial charge on any atom is -0.444 e. The number of benzene rings is 2. The van der Waals surface area contributed by atoms with E-state index >= 15 is 0 Å². The molecule has 0 aliphatic carbocycles. The van der Waals surface area contributed by atoms with Crippen LogP contribution in [0.1, 0.15) is 58.8 Å². The lowest BCUT2D eigenvalue weighted by molar-refractivity contribution is -0.0371. The highest BCUT2D eigenvalue weighted by molar-refractivity contribution is 5.69. The van der Waals surface area contributed by atoms with Crippen LogP contribution in [0.25, 0.3) is 11.3 Å². The zero-order chi connectivity index (χ0) is 26.8. The Kier molecular flexibility index (Phi) is 7.42. The zero-order valence-electron chi connectivity index (χ0n) is 22.1. The van der Waals surface area contributed by atoms with Crippen LogP contribution in [0.15, 0.2) is 54.7 Å². The van der Waals surface area contributed by atoms with Gasteiger partial charge in [0, 0.05) is 36.9 Å². The van der Waals surface area contributed by atoms with E-state index in [9.17, 15) is 13.6 Å². The first-order valence-corrected chi connectivity index (χ1v) is 12.6. The molecular formula is C29H35F2N3O3. The topological polar surface area (TPSA) is 65.4 Å². The summed E-state index contributed by atoms with van der Waals surface area (Å²) in [7, 11) is 0. The zero-order valence-corrected chi connectivity index (χ0v) is 22.1. The smallest absolute Gasteiger partial charge is 0.408 e. The predicted octanol–water partition coefficient (Wildman–Crippen LogP) is 6.43. The van der Waals surface area contributed by atoms with Crippen molar-refractivity contribution in [2.75, 3.05) is 13.2 Å². The molecule has 4 rings (SSSR count). The second kappa shape index (κ2) is 10.2. The lowest BCUT2D eigenvalue weighted by atomic mass is 9.66. The van der Waals surface area contributed by atoms with Crippen LogP contribution in [-0.4, -0.2) is 34.5 Å². The molecule has 1 unspecified atom stereocenters. The summed E-state index contributed by atoms with van der Waals surface area (Å²) in [4.78, 5) is 18.0. The van der Waals surface area contributed by atoms with E-state index < -0.39 is 34.3 Å². The highest BCUT2D eigenvalue weighted by atomic mass is 19.1. The summed E-state index contributed by atoms with van der Waals surface area (Å²) in [6.07, 6.45) is 2.48. The Balaban J connectivity index is 1.88. The van der Waals surface area contributed by atoms with Crippen LogP contribution in [0, 0.1) is 17.0 Å². The van der Waals surface area contributed by atoms with Gasteiger partial charge < -0.3 is 19.4 Å². The first-order valence-electron chi connectivity index (χ1n) is 12.6. The van der Waals surface area contributed by atoms with Crippen molar-refractivity contribution >= 4 is 6.09 Å². The van der Waals surface area contributed by atoms with Gasteiger partial charge in [0.05, 0.1) is 5.69 Å². The van der Waals surface area contributed by atoms with Gasteiger partial charge in [-0.1, -0.05) is 37.3 Å². The third-order valence-corrected chi connectivity index (χ3v) is 7.18. The van der Waals surface area contributed by atoms with Crippen molar-refractivity contribution in [2.45, 2.75) is 65.1 Å². The molecule has 1 amide bonds. The van der Waals surface area contributed by atoms with Gasteiger partial charge in [-0.25, -0.2) is 18.6 Å². The molecule has 0 bridgehead atoms. The van der Waals surface area contributed by atoms with Crippen LogP contribution < -0.4 is 5.32 Å². The lowest BCUT2D eigenvalue weighted by Crippen LogP contribution is -2.58. The van der Waals surface area contributed by atoms with Gasteiger partial charge in [-0.15, -0.1) is 0 Å². The number of amides is 1. The molecule has 6 nitrogen and oxygen atoms in total. The summed E-state index contributed by atoms with van der Waals surface area (Å²) in [6.45, 7) is 10.9. The molecule has 0 spiro atoms. The molecular weight excluding hydrogens is 476 g/mol. The molecule has 2 heterocycles. The van der Waals surface area contributed by atoms with Crippen LogP contribution in [0.3, 0.4) is 0 Å². The fourth-order valence-electron chi connectivity index (χ4n) is 4.85. The van der Waals surface area contributed by atoms with Crippen LogP contribution >= 0.6 is 0 Å². The first-order chi connectivity index (χ1) is 17.4. The molecule has 3 aromatic rings. The molecule has 2 aromatic carbocycles. The second-order valence-corrected chi connectivity index (χ2v) is 11.1. The Hall–Kier alpha value is -3.26. The van der Waals surface area contributed by atoms with Gasteiger partial charge in [-0.05, 0) is 64.3 Å². The monoisotopic (exact) mass is 511 g/mol. The second-order valence-electron chi connectivity index (χ2n) is 11.1. The van der Waals surface area contributed by atoms with Gasteiger partial charge in [0.1, 0.15) is 28.6 Å². The van der Waals surface area contributed by atoms with E-state index in [1.165, 1.54) is 0 Å². The molecule has 0 saturated carbocycles. The number of hydrogen-bond donors (Lipinski definition) is 1. The Bertz CT molecular complexity index is 1250. The molecule has 37 heavy (non-hydrogen) atoms. The minimum atomic E-state index is -1.02. The number of nitrogens with one attached hydrogen (secondary N) is 1. The highest BCUT2D eigenvalue weighted by Crippen LogP contribution is 2.47. The Morgan fingerprint density at radius 2 is 1.78 bits per heavy atom. The summed E-state index contributed by atoms with van der Waals surface area (Å²) in [5.74, 6) is -0.594. The third kappa shape index (κ3) is 5.85. The molecule has 1 fully saturated rings. The summed E-state index contributed by atoms with van der Waals surface area (Å²) >= 11 is 0. The highest BCUT2D eigenvalue weighted by Gasteiger charge is 2.51. The van der Waals surface area contributed by atoms with Gasteiger partial charge >= 0.3 is 6.09 Å². The van der Waals surface area contributed by atoms with E-state index in [-0.39, 0.29) is 11.3 Å². The van der Waals surface area contributed by atoms with Crippen molar-refractivity contribution in [3.63, 3.8) is 0 Å². The van der Waals surface area contributed by atoms with Crippen molar-refractivity contribution in [2.24, 2.45) is 5.41 Å². The van der Waals surface area contributed by atoms with E-state index in [2.05, 4.69) is 12.2 Å². The molecule has 1 aromatic heterocycles. The average Bonchev–Trinajstić information content (AvgIpc) is 3.24. The Morgan fingerprint density at radius 1 is 1.11 bits per heavy atom. The maximum Gasteiger partial charge on any atom is 0.408 e. The molecule has 1 N–H and O–H groups in total. The molecule has 1 aliphatic rings. The van der Waals surface area contributed by atoms with Crippen molar-refractivity contribution in [3.05, 3.63) is 77.8 Å². The lowest BCUT2D eigenvalue weighted by Gasteiger charge is -2.48. The Morgan fingerprint density at radius 3 is 2.43 bits per heavy atom. The fraction of sp³-hybridized carbons (Fsp3) is 0.448. The maximum absolute atomic E-state index is 14.8. The SMILES string of the molecule is CC(C)(C)OC(=O)NC(C)(c1nc(-c2cc(F)ccc2F)cn1Cc1ccccc1)C1(C)CCOCC1. The van der Waals surface area contributed by atoms with E-state index in [1.807, 2.05) is 41.8 Å². The van der Waals surface area contributed by atoms with Crippen molar-refractivity contribution in [1.29, 1.82) is 0 Å². The minimum absolute atomic E-state index is 0.0600. The predicted molar refractivity (Wildman–Crippen MR) is 138 cm³/mol. The van der Waals surface area contributed by atoms with Gasteiger partial charge in [0.25, 0.3) is 0 Å². The van der Waals surface area contributed by atoms with Gasteiger partial charge in [-0.3, -0.25) is 0 Å². The number of imidazole rings is 1. The standard InChI is InChI=1S/C29H35F2N3O3/c1-27(2,3)37-26(35)33-29(5,28(4)13-15-36-16-14-28)25-32-24(22-17-21(30)11-12-23(22)31)19-34(25)18-20-9-7-6-8-10-20/h6-12,17,19H,13-16,18H2,1-5H3,(H,33,35). The van der Waals surface area contributed by atoms with Gasteiger partial charge in [0.15, 0.2) is 0 Å². The number of carbonyl (C=O) groups is 1. The van der Waals surface area contributed by atoms with Crippen molar-refractivity contribution < 1.29 is 23.0 Å². The molecule has 1 aliphatic heterocycles. The van der Waals surface area contributed by atoms with Gasteiger partial charge in [0.2, 0.25) is 0 Å². The van der Waals surface area contributed by atoms with Gasteiger partial charge in [-0.2, -0.15) is 0 Å². The first kappa shape index (κ1) is 26.8. The fourth-order valence-corrected chi connectivity index (χ4v) is 4.85. The molecule has 0 radical (unpaired) electrons. The number of carbonyl (C=O) groups excluding carboxylic acids is 1. The number of aromatic nitrogens is 2. The Labute approximate surface area is 217 Å². The largest absolute Gasteiger partial charge is 0.444 e. The summed E-state index contributed by atoms with van der Waals surface area (Å²) in [5.41, 5.74) is -0.822. The number of halogens is 2. The average molecular weight is 512 g/mol. The normalized spacial score (nSPS) is 17.2. The molecule has 1 saturated heterocycles. The van der Waals surface area contributed by atoms with Crippen LogP contribution in [-0.2, 0) is 21.6 Å². The van der Waals surface area contributed by atoms with Crippen molar-refractivity contribution in [1.82, 2.24) is 14.9 Å². The number of hydrogen-bond acceptors (Lipinski definition) is 4. The molecule has 8 heteroatoms. The van der Waals surface area contributed by atoms with Crippen LogP contribution in [0.2, 0.25) is 0 Å². The van der Waals surface area contributed by atoms with Crippen LogP contribution in [0.5, 0.6) is 0 Å².